The zero-order chi connectivity index (χ0) is 36.1. The summed E-state index contributed by atoms with van der Waals surface area (Å²) in [7, 11) is 5.13. The Kier molecular flexibility index (Phi) is 12.0. The predicted molar refractivity (Wildman–Crippen MR) is 184 cm³/mol. The van der Waals surface area contributed by atoms with Crippen molar-refractivity contribution in [3.05, 3.63) is 94.8 Å². The van der Waals surface area contributed by atoms with Crippen molar-refractivity contribution in [3.8, 4) is 11.1 Å². The van der Waals surface area contributed by atoms with E-state index in [0.717, 1.165) is 61.3 Å². The van der Waals surface area contributed by atoms with Crippen LogP contribution in [-0.4, -0.2) is 98.0 Å². The summed E-state index contributed by atoms with van der Waals surface area (Å²) in [6.45, 7) is 6.99. The summed E-state index contributed by atoms with van der Waals surface area (Å²) < 4.78 is 59.6. The number of alkyl halides is 3. The first-order valence-corrected chi connectivity index (χ1v) is 17.2. The van der Waals surface area contributed by atoms with Gasteiger partial charge in [0.2, 0.25) is 0 Å². The molecule has 0 aromatic heterocycles. The number of nitrogens with one attached hydrogen (secondary N) is 2. The number of rotatable bonds is 11. The number of likely N-dealkylation sites (tertiary alicyclic amines) is 1. The molecule has 3 aromatic rings. The van der Waals surface area contributed by atoms with E-state index in [4.69, 9.17) is 4.74 Å². The minimum absolute atomic E-state index is 0.0117. The second kappa shape index (κ2) is 16.0. The van der Waals surface area contributed by atoms with E-state index in [-0.39, 0.29) is 22.8 Å². The number of nitrogens with zero attached hydrogens (tertiary/aromatic N) is 3. The minimum Gasteiger partial charge on any atom is -0.404 e. The number of esters is 1. The maximum Gasteiger partial charge on any atom is 0.491 e. The van der Waals surface area contributed by atoms with Gasteiger partial charge in [0, 0.05) is 56.4 Å². The number of amides is 1. The molecule has 3 atom stereocenters. The van der Waals surface area contributed by atoms with E-state index >= 15 is 4.39 Å². The third kappa shape index (κ3) is 9.90. The topological polar surface area (TPSA) is 73.9 Å². The van der Waals surface area contributed by atoms with Crippen LogP contribution in [0.4, 0.5) is 17.6 Å². The van der Waals surface area contributed by atoms with E-state index in [1.807, 2.05) is 29.2 Å². The van der Waals surface area contributed by atoms with Gasteiger partial charge < -0.3 is 15.4 Å². The highest BCUT2D eigenvalue weighted by Crippen LogP contribution is 2.30. The van der Waals surface area contributed by atoms with Crippen LogP contribution in [0.2, 0.25) is 0 Å². The lowest BCUT2D eigenvalue weighted by Gasteiger charge is -2.44. The maximum atomic E-state index is 15.1. The average Bonchev–Trinajstić information content (AvgIpc) is 3.06. The van der Waals surface area contributed by atoms with Crippen LogP contribution in [0.3, 0.4) is 0 Å². The first kappa shape index (κ1) is 37.4. The number of ether oxygens (including phenoxy) is 1. The number of halogens is 4. The number of likely N-dealkylation sites (N-methyl/N-ethyl adjacent to an activating group) is 1. The number of benzene rings is 3. The lowest BCUT2D eigenvalue weighted by atomic mass is 9.98. The van der Waals surface area contributed by atoms with E-state index in [2.05, 4.69) is 28.5 Å². The number of carbonyl (C=O) groups excluding carboxylic acids is 2. The number of quaternary nitrogens is 1. The summed E-state index contributed by atoms with van der Waals surface area (Å²) in [4.78, 5) is 29.6. The van der Waals surface area contributed by atoms with Crippen LogP contribution in [0.15, 0.2) is 66.7 Å². The van der Waals surface area contributed by atoms with Gasteiger partial charge in [-0.05, 0) is 78.9 Å². The van der Waals surface area contributed by atoms with Crippen molar-refractivity contribution in [3.63, 3.8) is 0 Å². The van der Waals surface area contributed by atoms with Crippen LogP contribution in [0, 0.1) is 5.82 Å². The molecule has 2 N–H and O–H groups in total. The fraction of sp³-hybridized carbons (Fsp3) is 0.474. The Hall–Kier alpha value is -3.84. The number of piperazine rings is 1. The Morgan fingerprint density at radius 2 is 1.70 bits per heavy atom. The molecule has 0 saturated carbocycles. The number of piperidine rings is 1. The molecule has 50 heavy (non-hydrogen) atoms. The monoisotopic (exact) mass is 698 g/mol. The fourth-order valence-electron chi connectivity index (χ4n) is 6.95. The van der Waals surface area contributed by atoms with Crippen LogP contribution >= 0.6 is 0 Å². The molecule has 2 aliphatic heterocycles. The largest absolute Gasteiger partial charge is 0.491 e. The molecule has 2 aliphatic rings. The number of hydrogen-bond acceptors (Lipinski definition) is 6. The van der Waals surface area contributed by atoms with E-state index in [1.165, 1.54) is 6.07 Å². The van der Waals surface area contributed by atoms with Crippen molar-refractivity contribution < 1.29 is 36.4 Å². The van der Waals surface area contributed by atoms with Crippen LogP contribution in [-0.2, 0) is 29.2 Å². The Morgan fingerprint density at radius 1 is 0.960 bits per heavy atom. The van der Waals surface area contributed by atoms with Crippen molar-refractivity contribution in [1.82, 2.24) is 20.4 Å². The third-order valence-corrected chi connectivity index (χ3v) is 9.37. The van der Waals surface area contributed by atoms with Gasteiger partial charge in [0.25, 0.3) is 12.1 Å². The summed E-state index contributed by atoms with van der Waals surface area (Å²) in [5.74, 6) is -2.83. The Morgan fingerprint density at radius 3 is 2.42 bits per heavy atom. The second-order valence-electron chi connectivity index (χ2n) is 14.4. The van der Waals surface area contributed by atoms with Crippen LogP contribution in [0.5, 0.6) is 0 Å². The van der Waals surface area contributed by atoms with E-state index in [9.17, 15) is 22.8 Å². The van der Waals surface area contributed by atoms with Crippen LogP contribution < -0.4 is 10.6 Å². The highest BCUT2D eigenvalue weighted by molar-refractivity contribution is 5.94. The number of hydrogen-bond donors (Lipinski definition) is 2. The summed E-state index contributed by atoms with van der Waals surface area (Å²) in [5, 5.41) is 6.39. The molecule has 5 rings (SSSR count). The molecule has 2 fully saturated rings. The first-order valence-electron chi connectivity index (χ1n) is 17.2. The van der Waals surface area contributed by atoms with Crippen molar-refractivity contribution in [2.45, 2.75) is 70.3 Å². The van der Waals surface area contributed by atoms with Crippen LogP contribution in [0.25, 0.3) is 11.1 Å². The van der Waals surface area contributed by atoms with Gasteiger partial charge in [0.1, 0.15) is 11.9 Å². The second-order valence-corrected chi connectivity index (χ2v) is 14.4. The van der Waals surface area contributed by atoms with Crippen LogP contribution in [0.1, 0.15) is 53.2 Å². The molecular weight excluding hydrogens is 650 g/mol. The first-order chi connectivity index (χ1) is 23.7. The van der Waals surface area contributed by atoms with Gasteiger partial charge in [-0.25, -0.2) is 9.18 Å². The molecule has 0 spiro atoms. The fourth-order valence-corrected chi connectivity index (χ4v) is 6.95. The van der Waals surface area contributed by atoms with Crippen molar-refractivity contribution in [2.24, 2.45) is 0 Å². The molecule has 2 saturated heterocycles. The van der Waals surface area contributed by atoms with E-state index < -0.39 is 24.4 Å². The molecule has 2 unspecified atom stereocenters. The Bertz CT molecular complexity index is 1640. The summed E-state index contributed by atoms with van der Waals surface area (Å²) >= 11 is 0. The van der Waals surface area contributed by atoms with Gasteiger partial charge >= 0.3 is 12.1 Å². The molecule has 0 aliphatic carbocycles. The quantitative estimate of drug-likeness (QED) is 0.116. The molecule has 12 heteroatoms. The summed E-state index contributed by atoms with van der Waals surface area (Å²) in [6, 6.07) is 19.9. The molecule has 2 heterocycles. The lowest BCUT2D eigenvalue weighted by Crippen LogP contribution is -2.60. The minimum atomic E-state index is -5.08. The smallest absolute Gasteiger partial charge is 0.404 e. The molecule has 0 radical (unpaired) electrons. The van der Waals surface area contributed by atoms with Gasteiger partial charge in [0.15, 0.2) is 0 Å². The highest BCUT2D eigenvalue weighted by atomic mass is 19.4. The van der Waals surface area contributed by atoms with Gasteiger partial charge in [-0.1, -0.05) is 42.8 Å². The zero-order valence-corrected chi connectivity index (χ0v) is 29.2. The molecule has 1 amide bonds. The third-order valence-electron chi connectivity index (χ3n) is 9.37. The highest BCUT2D eigenvalue weighted by Gasteiger charge is 2.48. The Balaban J connectivity index is 1.24. The van der Waals surface area contributed by atoms with E-state index in [1.54, 1.807) is 51.5 Å². The normalized spacial score (nSPS) is 19.9. The molecule has 0 bridgehead atoms. The van der Waals surface area contributed by atoms with Gasteiger partial charge in [0.05, 0.1) is 21.1 Å². The van der Waals surface area contributed by atoms with Gasteiger partial charge in [-0.3, -0.25) is 19.1 Å². The SMILES string of the molecule is C[C@H]1CN(Cc2cccc(-c3cc(CNC(=O)c4cccc(CN5CCCCC5C(OC(=O)C(F)(F)F)[N+](C)(C)C)c4)ccc3F)c2)CCN1. The lowest BCUT2D eigenvalue weighted by molar-refractivity contribution is -0.920. The maximum absolute atomic E-state index is 15.1. The molecule has 8 nitrogen and oxygen atoms in total. The standard InChI is InChI=1S/C38H47F4N5O3/c1-26-23-45(18-16-43-26)24-28-9-7-11-30(19-28)32-21-27(14-15-33(32)39)22-44-35(48)31-12-8-10-29(20-31)25-46-17-6-5-13-34(46)36(47(2,3)4)50-37(49)38(40,41)42/h7-12,14-15,19-21,26,34,36,43H,5-6,13,16-18,22-25H2,1-4H3/p+1/t26-,34?,36?/m0/s1. The van der Waals surface area contributed by atoms with Crippen molar-refractivity contribution in [2.75, 3.05) is 47.3 Å². The summed E-state index contributed by atoms with van der Waals surface area (Å²) in [6.07, 6.45) is -3.89. The van der Waals surface area contributed by atoms with Gasteiger partial charge in [-0.2, -0.15) is 13.2 Å². The van der Waals surface area contributed by atoms with Gasteiger partial charge in [-0.15, -0.1) is 0 Å². The summed E-state index contributed by atoms with van der Waals surface area (Å²) in [5.41, 5.74) is 4.36. The average molecular weight is 699 g/mol. The Labute approximate surface area is 292 Å². The van der Waals surface area contributed by atoms with Crippen molar-refractivity contribution in [1.29, 1.82) is 0 Å². The number of carbonyl (C=O) groups is 2. The predicted octanol–water partition coefficient (Wildman–Crippen LogP) is 5.71. The van der Waals surface area contributed by atoms with E-state index in [0.29, 0.717) is 36.7 Å². The van der Waals surface area contributed by atoms with Crippen molar-refractivity contribution >= 4 is 11.9 Å². The molecule has 3 aromatic carbocycles. The molecular formula is C38H48F4N5O3+. The molecule has 270 valence electrons. The zero-order valence-electron chi connectivity index (χ0n) is 29.2.